The van der Waals surface area contributed by atoms with E-state index in [-0.39, 0.29) is 12.5 Å². The highest BCUT2D eigenvalue weighted by atomic mass is 35.5. The number of nitrogens with one attached hydrogen (secondary N) is 2. The molecule has 2 amide bonds. The van der Waals surface area contributed by atoms with Crippen LogP contribution in [0.15, 0.2) is 35.9 Å². The first kappa shape index (κ1) is 29.9. The Hall–Kier alpha value is -4.11. The molecule has 0 spiro atoms. The van der Waals surface area contributed by atoms with Crippen molar-refractivity contribution in [1.29, 1.82) is 0 Å². The van der Waals surface area contributed by atoms with Crippen LogP contribution in [0.1, 0.15) is 46.5 Å². The second-order valence-corrected chi connectivity index (χ2v) is 10.7. The van der Waals surface area contributed by atoms with Crippen LogP contribution >= 0.6 is 11.6 Å². The number of aromatic nitrogens is 2. The third kappa shape index (κ3) is 6.62. The summed E-state index contributed by atoms with van der Waals surface area (Å²) >= 11 is 6.29. The van der Waals surface area contributed by atoms with Crippen LogP contribution in [0.5, 0.6) is 5.75 Å². The molecule has 41 heavy (non-hydrogen) atoms. The molecule has 3 N–H and O–H groups in total. The van der Waals surface area contributed by atoms with Gasteiger partial charge >= 0.3 is 5.97 Å². The normalized spacial score (nSPS) is 12.3. The molecular formula is C31H35ClN4O5. The molecule has 216 valence electrons. The summed E-state index contributed by atoms with van der Waals surface area (Å²) in [5, 5.41) is 19.0. The fraction of sp³-hybridized carbons (Fsp3) is 0.355. The quantitative estimate of drug-likeness (QED) is 0.289. The zero-order valence-corrected chi connectivity index (χ0v) is 24.7. The number of rotatable bonds is 11. The van der Waals surface area contributed by atoms with E-state index in [1.807, 2.05) is 63.7 Å². The number of carbonyl (C=O) groups is 3. The van der Waals surface area contributed by atoms with E-state index in [1.54, 1.807) is 0 Å². The highest BCUT2D eigenvalue weighted by Crippen LogP contribution is 2.42. The molecule has 4 rings (SSSR count). The number of halogens is 1. The zero-order valence-electron chi connectivity index (χ0n) is 24.0. The molecule has 9 nitrogen and oxygen atoms in total. The molecule has 0 unspecified atom stereocenters. The molecule has 1 aromatic heterocycles. The third-order valence-electron chi connectivity index (χ3n) is 7.37. The summed E-state index contributed by atoms with van der Waals surface area (Å²) in [7, 11) is 1.91. The van der Waals surface area contributed by atoms with E-state index in [0.29, 0.717) is 31.4 Å². The van der Waals surface area contributed by atoms with Gasteiger partial charge in [0.1, 0.15) is 12.3 Å². The number of hydrogen-bond donors (Lipinski definition) is 3. The number of aliphatic carboxylic acids is 1. The SMILES string of the molecule is Cc1cc(OCCCC2=C(C(=O)NCC(=O)NCC(=O)O)Cc3c2cccc3-c2c(C)nn(C)c2C)cc(C)c1Cl. The molecule has 0 aliphatic heterocycles. The van der Waals surface area contributed by atoms with E-state index in [4.69, 9.17) is 21.4 Å². The Morgan fingerprint density at radius 3 is 2.37 bits per heavy atom. The Balaban J connectivity index is 1.57. The molecule has 1 aliphatic carbocycles. The minimum atomic E-state index is -1.15. The van der Waals surface area contributed by atoms with Gasteiger partial charge in [-0.3, -0.25) is 19.1 Å². The highest BCUT2D eigenvalue weighted by Gasteiger charge is 2.29. The lowest BCUT2D eigenvalue weighted by molar-refractivity contribution is -0.137. The van der Waals surface area contributed by atoms with Gasteiger partial charge in [-0.2, -0.15) is 5.10 Å². The van der Waals surface area contributed by atoms with Gasteiger partial charge in [-0.05, 0) is 86.1 Å². The number of aryl methyl sites for hydroxylation is 4. The topological polar surface area (TPSA) is 123 Å². The largest absolute Gasteiger partial charge is 0.494 e. The Kier molecular flexibility index (Phi) is 9.18. The monoisotopic (exact) mass is 578 g/mol. The lowest BCUT2D eigenvalue weighted by Gasteiger charge is -2.13. The third-order valence-corrected chi connectivity index (χ3v) is 7.96. The number of hydrogen-bond acceptors (Lipinski definition) is 5. The second-order valence-electron chi connectivity index (χ2n) is 10.3. The summed E-state index contributed by atoms with van der Waals surface area (Å²) in [4.78, 5) is 36.2. The molecule has 0 atom stereocenters. The maximum atomic E-state index is 13.4. The fourth-order valence-corrected chi connectivity index (χ4v) is 5.45. The molecule has 0 radical (unpaired) electrons. The standard InChI is InChI=1S/C31H35ClN4O5/c1-17-12-21(13-18(2)30(17)32)41-11-7-10-23-22-8-6-9-24(29-19(3)35-36(5)20(29)4)25(22)14-26(23)31(40)34-15-27(37)33-16-28(38)39/h6,8-9,12-13H,7,10-11,14-16H2,1-5H3,(H,33,37)(H,34,40)(H,38,39). The van der Waals surface area contributed by atoms with Gasteiger partial charge in [-0.1, -0.05) is 29.8 Å². The van der Waals surface area contributed by atoms with Crippen molar-refractivity contribution in [2.24, 2.45) is 7.05 Å². The Morgan fingerprint density at radius 1 is 1.05 bits per heavy atom. The predicted molar refractivity (Wildman–Crippen MR) is 158 cm³/mol. The van der Waals surface area contributed by atoms with Crippen LogP contribution in [0, 0.1) is 27.7 Å². The van der Waals surface area contributed by atoms with Crippen LogP contribution in [0.3, 0.4) is 0 Å². The first-order chi connectivity index (χ1) is 19.5. The fourth-order valence-electron chi connectivity index (χ4n) is 5.34. The average Bonchev–Trinajstić information content (AvgIpc) is 3.42. The lowest BCUT2D eigenvalue weighted by Crippen LogP contribution is -2.39. The zero-order chi connectivity index (χ0) is 29.8. The number of allylic oxidation sites excluding steroid dienone is 1. The molecule has 0 saturated carbocycles. The van der Waals surface area contributed by atoms with Crippen molar-refractivity contribution in [3.8, 4) is 16.9 Å². The van der Waals surface area contributed by atoms with Gasteiger partial charge in [-0.25, -0.2) is 0 Å². The van der Waals surface area contributed by atoms with Crippen molar-refractivity contribution in [3.63, 3.8) is 0 Å². The summed E-state index contributed by atoms with van der Waals surface area (Å²) in [6, 6.07) is 9.91. The number of carboxylic acid groups (broad SMARTS) is 1. The number of fused-ring (bicyclic) bond motifs is 1. The van der Waals surface area contributed by atoms with Gasteiger partial charge in [0, 0.05) is 35.3 Å². The van der Waals surface area contributed by atoms with Gasteiger partial charge in [0.25, 0.3) is 0 Å². The van der Waals surface area contributed by atoms with Crippen LogP contribution in [-0.4, -0.2) is 52.4 Å². The van der Waals surface area contributed by atoms with Crippen LogP contribution in [0.25, 0.3) is 16.7 Å². The summed E-state index contributed by atoms with van der Waals surface area (Å²) < 4.78 is 7.88. The number of benzene rings is 2. The predicted octanol–water partition coefficient (Wildman–Crippen LogP) is 4.46. The molecule has 3 aromatic rings. The minimum absolute atomic E-state index is 0.314. The van der Waals surface area contributed by atoms with E-state index >= 15 is 0 Å². The van der Waals surface area contributed by atoms with Crippen molar-refractivity contribution >= 4 is 35.0 Å². The van der Waals surface area contributed by atoms with Crippen LogP contribution in [-0.2, 0) is 27.9 Å². The molecule has 0 saturated heterocycles. The number of carbonyl (C=O) groups excluding carboxylic acids is 2. The second kappa shape index (κ2) is 12.6. The lowest BCUT2D eigenvalue weighted by atomic mass is 9.93. The van der Waals surface area contributed by atoms with Crippen molar-refractivity contribution in [3.05, 3.63) is 74.6 Å². The Bertz CT molecular complexity index is 1530. The number of amides is 2. The van der Waals surface area contributed by atoms with Crippen molar-refractivity contribution in [2.45, 2.75) is 47.0 Å². The van der Waals surface area contributed by atoms with E-state index in [2.05, 4.69) is 21.8 Å². The van der Waals surface area contributed by atoms with Crippen molar-refractivity contribution in [2.75, 3.05) is 19.7 Å². The minimum Gasteiger partial charge on any atom is -0.494 e. The number of carboxylic acids is 1. The van der Waals surface area contributed by atoms with Gasteiger partial charge in [0.05, 0.1) is 18.8 Å². The van der Waals surface area contributed by atoms with Crippen molar-refractivity contribution < 1.29 is 24.2 Å². The van der Waals surface area contributed by atoms with Gasteiger partial charge in [0.15, 0.2) is 0 Å². The molecule has 10 heteroatoms. The first-order valence-electron chi connectivity index (χ1n) is 13.5. The van der Waals surface area contributed by atoms with Crippen LogP contribution in [0.2, 0.25) is 5.02 Å². The van der Waals surface area contributed by atoms with E-state index in [9.17, 15) is 14.4 Å². The molecule has 1 heterocycles. The summed E-state index contributed by atoms with van der Waals surface area (Å²) in [5.74, 6) is -1.32. The average molecular weight is 579 g/mol. The Labute approximate surface area is 244 Å². The van der Waals surface area contributed by atoms with E-state index < -0.39 is 18.4 Å². The van der Waals surface area contributed by atoms with Gasteiger partial charge in [0.2, 0.25) is 11.8 Å². The number of nitrogens with zero attached hydrogens (tertiary/aromatic N) is 2. The summed E-state index contributed by atoms with van der Waals surface area (Å²) in [6.45, 7) is 7.52. The summed E-state index contributed by atoms with van der Waals surface area (Å²) in [5.41, 5.74) is 9.50. The van der Waals surface area contributed by atoms with E-state index in [0.717, 1.165) is 61.1 Å². The molecule has 0 bridgehead atoms. The smallest absolute Gasteiger partial charge is 0.322 e. The molecular weight excluding hydrogens is 544 g/mol. The van der Waals surface area contributed by atoms with E-state index in [1.165, 1.54) is 0 Å². The molecule has 0 fully saturated rings. The van der Waals surface area contributed by atoms with Crippen LogP contribution in [0.4, 0.5) is 0 Å². The maximum absolute atomic E-state index is 13.4. The van der Waals surface area contributed by atoms with Crippen molar-refractivity contribution in [1.82, 2.24) is 20.4 Å². The Morgan fingerprint density at radius 2 is 1.73 bits per heavy atom. The molecule has 2 aromatic carbocycles. The summed E-state index contributed by atoms with van der Waals surface area (Å²) in [6.07, 6.45) is 1.68. The van der Waals surface area contributed by atoms with Gasteiger partial charge in [-0.15, -0.1) is 0 Å². The first-order valence-corrected chi connectivity index (χ1v) is 13.9. The molecule has 1 aliphatic rings. The van der Waals surface area contributed by atoms with Crippen LogP contribution < -0.4 is 15.4 Å². The van der Waals surface area contributed by atoms with Gasteiger partial charge < -0.3 is 20.5 Å². The number of ether oxygens (including phenoxy) is 1. The maximum Gasteiger partial charge on any atom is 0.322 e. The highest BCUT2D eigenvalue weighted by molar-refractivity contribution is 6.32.